The van der Waals surface area contributed by atoms with Crippen LogP contribution in [0, 0.1) is 5.92 Å². The first-order valence-electron chi connectivity index (χ1n) is 7.25. The van der Waals surface area contributed by atoms with Gasteiger partial charge in [-0.25, -0.2) is 0 Å². The molecule has 0 radical (unpaired) electrons. The van der Waals surface area contributed by atoms with Gasteiger partial charge in [0.1, 0.15) is 5.78 Å². The Bertz CT molecular complexity index is 525. The molecule has 108 valence electrons. The van der Waals surface area contributed by atoms with Crippen LogP contribution in [-0.4, -0.2) is 29.2 Å². The van der Waals surface area contributed by atoms with Gasteiger partial charge in [0.05, 0.1) is 11.8 Å². The average molecular weight is 296 g/mol. The molecule has 1 aliphatic carbocycles. The lowest BCUT2D eigenvalue weighted by molar-refractivity contribution is -0.126. The third kappa shape index (κ3) is 2.37. The van der Waals surface area contributed by atoms with Crippen molar-refractivity contribution in [2.45, 2.75) is 44.6 Å². The maximum atomic E-state index is 12.6. The van der Waals surface area contributed by atoms with E-state index in [9.17, 15) is 9.59 Å². The summed E-state index contributed by atoms with van der Waals surface area (Å²) in [6.07, 6.45) is 6.94. The number of Topliss-reactive ketones (excluding diaryl/α,β-unsaturated/α-hetero) is 1. The number of ketones is 1. The van der Waals surface area contributed by atoms with Gasteiger partial charge in [-0.15, -0.1) is 0 Å². The Hall–Kier alpha value is -1.29. The van der Waals surface area contributed by atoms with Gasteiger partial charge in [0.15, 0.2) is 0 Å². The van der Waals surface area contributed by atoms with Crippen molar-refractivity contribution in [3.8, 4) is 0 Å². The number of amides is 1. The first kappa shape index (κ1) is 13.7. The Labute approximate surface area is 123 Å². The third-order valence-electron chi connectivity index (χ3n) is 4.47. The van der Waals surface area contributed by atoms with Crippen LogP contribution < -0.4 is 0 Å². The summed E-state index contributed by atoms with van der Waals surface area (Å²) in [7, 11) is 0. The lowest BCUT2D eigenvalue weighted by atomic mass is 9.81. The van der Waals surface area contributed by atoms with Crippen LogP contribution in [0.3, 0.4) is 0 Å². The Morgan fingerprint density at radius 1 is 1.30 bits per heavy atom. The summed E-state index contributed by atoms with van der Waals surface area (Å²) >= 11 is 5.89. The molecular weight excluding hydrogens is 278 g/mol. The van der Waals surface area contributed by atoms with Crippen molar-refractivity contribution >= 4 is 23.3 Å². The van der Waals surface area contributed by atoms with Gasteiger partial charge in [0, 0.05) is 24.9 Å². The molecule has 20 heavy (non-hydrogen) atoms. The van der Waals surface area contributed by atoms with Crippen molar-refractivity contribution in [3.63, 3.8) is 0 Å². The molecule has 1 aromatic heterocycles. The van der Waals surface area contributed by atoms with Crippen molar-refractivity contribution in [2.24, 2.45) is 5.92 Å². The zero-order valence-electron chi connectivity index (χ0n) is 11.3. The van der Waals surface area contributed by atoms with Crippen LogP contribution in [0.1, 0.15) is 48.9 Å². The summed E-state index contributed by atoms with van der Waals surface area (Å²) in [5, 5.41) is 0.135. The number of likely N-dealkylation sites (tertiary alicyclic amines) is 1. The van der Waals surface area contributed by atoms with Crippen LogP contribution in [-0.2, 0) is 4.79 Å². The standard InChI is InChI=1S/C15H18ClNO3/c16-14-11(7-9-20-14)15(19)17-8-3-5-12(17)10-4-1-2-6-13(10)18/h7,9-10,12H,1-6,8H2. The second-order valence-electron chi connectivity index (χ2n) is 5.63. The summed E-state index contributed by atoms with van der Waals surface area (Å²) in [6, 6.07) is 1.64. The molecule has 1 aliphatic heterocycles. The molecule has 2 unspecified atom stereocenters. The van der Waals surface area contributed by atoms with Crippen LogP contribution in [0.25, 0.3) is 0 Å². The quantitative estimate of drug-likeness (QED) is 0.841. The lowest BCUT2D eigenvalue weighted by Crippen LogP contribution is -2.43. The molecule has 1 saturated heterocycles. The third-order valence-corrected chi connectivity index (χ3v) is 4.77. The summed E-state index contributed by atoms with van der Waals surface area (Å²) < 4.78 is 5.00. The molecule has 3 rings (SSSR count). The van der Waals surface area contributed by atoms with Gasteiger partial charge in [0.2, 0.25) is 5.22 Å². The normalized spacial score (nSPS) is 27.1. The SMILES string of the molecule is O=C1CCCCC1C1CCCN1C(=O)c1ccoc1Cl. The number of halogens is 1. The smallest absolute Gasteiger partial charge is 0.259 e. The van der Waals surface area contributed by atoms with Crippen LogP contribution in [0.4, 0.5) is 0 Å². The molecule has 2 heterocycles. The minimum absolute atomic E-state index is 0.0147. The van der Waals surface area contributed by atoms with Crippen molar-refractivity contribution in [1.29, 1.82) is 0 Å². The molecular formula is C15H18ClNO3. The highest BCUT2D eigenvalue weighted by Crippen LogP contribution is 2.34. The first-order valence-corrected chi connectivity index (χ1v) is 7.63. The fourth-order valence-electron chi connectivity index (χ4n) is 3.48. The fraction of sp³-hybridized carbons (Fsp3) is 0.600. The van der Waals surface area contributed by atoms with Crippen molar-refractivity contribution in [1.82, 2.24) is 4.90 Å². The average Bonchev–Trinajstić information content (AvgIpc) is 3.07. The monoisotopic (exact) mass is 295 g/mol. The minimum Gasteiger partial charge on any atom is -0.452 e. The summed E-state index contributed by atoms with van der Waals surface area (Å²) in [5.41, 5.74) is 0.404. The van der Waals surface area contributed by atoms with Gasteiger partial charge in [-0.05, 0) is 43.4 Å². The molecule has 2 fully saturated rings. The maximum absolute atomic E-state index is 12.6. The number of hydrogen-bond acceptors (Lipinski definition) is 3. The first-order chi connectivity index (χ1) is 9.68. The van der Waals surface area contributed by atoms with E-state index in [2.05, 4.69) is 0 Å². The van der Waals surface area contributed by atoms with E-state index in [0.29, 0.717) is 24.3 Å². The summed E-state index contributed by atoms with van der Waals surface area (Å²) in [4.78, 5) is 26.5. The van der Waals surface area contributed by atoms with Gasteiger partial charge in [0.25, 0.3) is 5.91 Å². The molecule has 1 aromatic rings. The number of nitrogens with zero attached hydrogens (tertiary/aromatic N) is 1. The van der Waals surface area contributed by atoms with E-state index in [1.165, 1.54) is 6.26 Å². The second kappa shape index (κ2) is 5.60. The van der Waals surface area contributed by atoms with E-state index in [4.69, 9.17) is 16.0 Å². The lowest BCUT2D eigenvalue weighted by Gasteiger charge is -2.32. The van der Waals surface area contributed by atoms with Crippen molar-refractivity contribution < 1.29 is 14.0 Å². The van der Waals surface area contributed by atoms with Crippen molar-refractivity contribution in [2.75, 3.05) is 6.54 Å². The highest BCUT2D eigenvalue weighted by atomic mass is 35.5. The number of carbonyl (C=O) groups is 2. The number of furan rings is 1. The molecule has 5 heteroatoms. The summed E-state index contributed by atoms with van der Waals surface area (Å²) in [6.45, 7) is 0.703. The van der Waals surface area contributed by atoms with Gasteiger partial charge >= 0.3 is 0 Å². The van der Waals surface area contributed by atoms with Gasteiger partial charge < -0.3 is 9.32 Å². The number of carbonyl (C=O) groups excluding carboxylic acids is 2. The second-order valence-corrected chi connectivity index (χ2v) is 5.98. The molecule has 2 aliphatic rings. The van der Waals surface area contributed by atoms with E-state index in [1.807, 2.05) is 4.90 Å². The van der Waals surface area contributed by atoms with E-state index < -0.39 is 0 Å². The number of hydrogen-bond donors (Lipinski definition) is 0. The predicted octanol–water partition coefficient (Wildman–Crippen LogP) is 3.30. The van der Waals surface area contributed by atoms with Crippen LogP contribution >= 0.6 is 11.6 Å². The Morgan fingerprint density at radius 3 is 2.85 bits per heavy atom. The van der Waals surface area contributed by atoms with E-state index in [-0.39, 0.29) is 23.1 Å². The highest BCUT2D eigenvalue weighted by Gasteiger charge is 2.39. The molecule has 1 saturated carbocycles. The largest absolute Gasteiger partial charge is 0.452 e. The zero-order chi connectivity index (χ0) is 14.1. The van der Waals surface area contributed by atoms with E-state index in [0.717, 1.165) is 32.1 Å². The van der Waals surface area contributed by atoms with E-state index in [1.54, 1.807) is 6.07 Å². The van der Waals surface area contributed by atoms with Gasteiger partial charge in [-0.2, -0.15) is 0 Å². The molecule has 0 N–H and O–H groups in total. The van der Waals surface area contributed by atoms with Crippen LogP contribution in [0.15, 0.2) is 16.7 Å². The molecule has 2 atom stereocenters. The van der Waals surface area contributed by atoms with Gasteiger partial charge in [-0.1, -0.05) is 6.42 Å². The number of rotatable bonds is 2. The minimum atomic E-state index is -0.107. The highest BCUT2D eigenvalue weighted by molar-refractivity contribution is 6.32. The molecule has 4 nitrogen and oxygen atoms in total. The van der Waals surface area contributed by atoms with Crippen LogP contribution in [0.2, 0.25) is 5.22 Å². The van der Waals surface area contributed by atoms with Gasteiger partial charge in [-0.3, -0.25) is 9.59 Å². The van der Waals surface area contributed by atoms with Crippen LogP contribution in [0.5, 0.6) is 0 Å². The molecule has 1 amide bonds. The Kier molecular flexibility index (Phi) is 3.83. The van der Waals surface area contributed by atoms with Crippen molar-refractivity contribution in [3.05, 3.63) is 23.1 Å². The topological polar surface area (TPSA) is 50.5 Å². The Morgan fingerprint density at radius 2 is 2.15 bits per heavy atom. The fourth-order valence-corrected chi connectivity index (χ4v) is 3.68. The predicted molar refractivity (Wildman–Crippen MR) is 74.7 cm³/mol. The molecule has 0 spiro atoms. The zero-order valence-corrected chi connectivity index (χ0v) is 12.1. The summed E-state index contributed by atoms with van der Waals surface area (Å²) in [5.74, 6) is 0.227. The molecule has 0 aromatic carbocycles. The maximum Gasteiger partial charge on any atom is 0.259 e. The van der Waals surface area contributed by atoms with E-state index >= 15 is 0 Å². The Balaban J connectivity index is 1.80. The molecule has 0 bridgehead atoms.